The van der Waals surface area contributed by atoms with Gasteiger partial charge < -0.3 is 25.4 Å². The number of ether oxygens (including phenoxy) is 1. The Morgan fingerprint density at radius 2 is 1.76 bits per heavy atom. The molecule has 6 aliphatic rings. The predicted octanol–water partition coefficient (Wildman–Crippen LogP) is 8.49. The molecule has 298 valence electrons. The summed E-state index contributed by atoms with van der Waals surface area (Å²) in [5.41, 5.74) is 3.31. The summed E-state index contributed by atoms with van der Waals surface area (Å²) < 4.78 is 5.92. The number of nitrogens with zero attached hydrogens (tertiary/aromatic N) is 2. The lowest BCUT2D eigenvalue weighted by atomic mass is 9.33. The Morgan fingerprint density at radius 1 is 1.00 bits per heavy atom. The number of hydrogen-bond donors (Lipinski definition) is 4. The number of nitrogens with one attached hydrogen (secondary N) is 1. The van der Waals surface area contributed by atoms with E-state index in [4.69, 9.17) is 4.74 Å². The van der Waals surface area contributed by atoms with E-state index in [-0.39, 0.29) is 46.2 Å². The number of β-amino-alcohol motifs (C(OH)–C–C–N with tert-alkyl or cyclic N) is 1. The van der Waals surface area contributed by atoms with Crippen molar-refractivity contribution in [3.05, 3.63) is 59.3 Å². The molecule has 11 atom stereocenters. The van der Waals surface area contributed by atoms with E-state index in [1.165, 1.54) is 29.6 Å². The van der Waals surface area contributed by atoms with Crippen molar-refractivity contribution in [3.63, 3.8) is 0 Å². The Balaban J connectivity index is 1.14. The van der Waals surface area contributed by atoms with Gasteiger partial charge in [0.25, 0.3) is 0 Å². The van der Waals surface area contributed by atoms with Crippen molar-refractivity contribution in [1.29, 1.82) is 5.26 Å². The van der Waals surface area contributed by atoms with Crippen molar-refractivity contribution in [2.75, 3.05) is 13.2 Å². The van der Waals surface area contributed by atoms with Crippen molar-refractivity contribution in [3.8, 4) is 11.9 Å². The SMILES string of the molecule is C=C(C)[C@@H]1CC[C@]2(NC[C@@H](O)C(=O)O)CC[C@]3(C)[C@H](CC[C@@H]4[C@@]5(C)CC=C(C6=CC[C@](COc7ncccc7C#N)(C(=O)O)CC6)C(C)(C)[C@@H]5CC[C@]43C)[C@@H]12. The Hall–Kier alpha value is -3.48. The van der Waals surface area contributed by atoms with E-state index in [0.717, 1.165) is 44.9 Å². The average molecular weight is 754 g/mol. The van der Waals surface area contributed by atoms with E-state index in [1.807, 2.05) is 0 Å². The topological polar surface area (TPSA) is 153 Å². The molecule has 1 aromatic rings. The number of carboxylic acids is 2. The molecule has 0 spiro atoms. The molecule has 9 nitrogen and oxygen atoms in total. The molecule has 0 aliphatic heterocycles. The zero-order valence-corrected chi connectivity index (χ0v) is 33.9. The van der Waals surface area contributed by atoms with E-state index in [2.05, 4.69) is 76.6 Å². The van der Waals surface area contributed by atoms with Gasteiger partial charge in [-0.1, -0.05) is 58.9 Å². The first-order chi connectivity index (χ1) is 25.9. The second-order valence-corrected chi connectivity index (χ2v) is 19.9. The summed E-state index contributed by atoms with van der Waals surface area (Å²) in [5.74, 6) is 0.471. The molecule has 7 rings (SSSR count). The van der Waals surface area contributed by atoms with Crippen molar-refractivity contribution >= 4 is 11.9 Å². The third-order valence-corrected chi connectivity index (χ3v) is 17.4. The molecular formula is C46H63N3O6. The van der Waals surface area contributed by atoms with Gasteiger partial charge in [0.1, 0.15) is 23.7 Å². The van der Waals surface area contributed by atoms with E-state index in [1.54, 1.807) is 18.3 Å². The highest BCUT2D eigenvalue weighted by atomic mass is 16.5. The number of carbonyl (C=O) groups is 2. The Kier molecular flexibility index (Phi) is 10.0. The van der Waals surface area contributed by atoms with Gasteiger partial charge in [-0.25, -0.2) is 9.78 Å². The van der Waals surface area contributed by atoms with Gasteiger partial charge in [-0.3, -0.25) is 4.79 Å². The molecule has 9 heteroatoms. The third kappa shape index (κ3) is 6.02. The fraction of sp³-hybridized carbons (Fsp3) is 0.696. The van der Waals surface area contributed by atoms with Crippen molar-refractivity contribution < 1.29 is 29.6 Å². The number of nitriles is 1. The van der Waals surface area contributed by atoms with Gasteiger partial charge in [0.2, 0.25) is 5.88 Å². The maximum atomic E-state index is 12.7. The minimum atomic E-state index is -1.41. The van der Waals surface area contributed by atoms with Crippen LogP contribution in [0.1, 0.15) is 124 Å². The van der Waals surface area contributed by atoms with E-state index in [9.17, 15) is 30.2 Å². The first-order valence-corrected chi connectivity index (χ1v) is 20.8. The van der Waals surface area contributed by atoms with Crippen LogP contribution in [0.2, 0.25) is 0 Å². The Bertz CT molecular complexity index is 1850. The molecular weight excluding hydrogens is 691 g/mol. The zero-order chi connectivity index (χ0) is 39.8. The summed E-state index contributed by atoms with van der Waals surface area (Å²) in [7, 11) is 0. The normalized spacial score (nSPS) is 40.8. The van der Waals surface area contributed by atoms with Gasteiger partial charge in [0.15, 0.2) is 6.10 Å². The number of rotatable bonds is 10. The molecule has 1 heterocycles. The van der Waals surface area contributed by atoms with Crippen LogP contribution in [0, 0.1) is 68.0 Å². The largest absolute Gasteiger partial charge is 0.481 e. The highest BCUT2D eigenvalue weighted by molar-refractivity contribution is 5.76. The van der Waals surface area contributed by atoms with E-state index in [0.29, 0.717) is 54.4 Å². The molecule has 0 saturated heterocycles. The predicted molar refractivity (Wildman–Crippen MR) is 211 cm³/mol. The summed E-state index contributed by atoms with van der Waals surface area (Å²) in [6.07, 6.45) is 16.2. The first kappa shape index (κ1) is 39.7. The standard InChI is InChI=1S/C46H63N3O6/c1-28(2)31-14-21-46(49-26-34(50)39(51)52)23-22-43(6)33(37(31)46)10-11-36-42(5)17-15-32(41(3,4)35(42)16-18-44(36,43)7)29-12-19-45(20-13-29,40(53)54)27-55-38-30(25-47)9-8-24-48-38/h8-9,12,15,24,31,33-37,49-50H,1,10-11,13-14,16-23,26-27H2,2-7H3,(H,51,52)(H,53,54)/t31-,33+,34+,35-,36+,37+,42-,43+,44+,45-,46-/m0/s1. The van der Waals surface area contributed by atoms with Crippen molar-refractivity contribution in [2.45, 2.75) is 130 Å². The second kappa shape index (κ2) is 13.9. The zero-order valence-electron chi connectivity index (χ0n) is 33.9. The van der Waals surface area contributed by atoms with Gasteiger partial charge in [-0.05, 0) is 159 Å². The van der Waals surface area contributed by atoms with Gasteiger partial charge in [-0.15, -0.1) is 0 Å². The van der Waals surface area contributed by atoms with Crippen LogP contribution in [0.4, 0.5) is 0 Å². The number of hydrogen-bond acceptors (Lipinski definition) is 7. The number of aliphatic hydroxyl groups is 1. The maximum Gasteiger partial charge on any atom is 0.333 e. The minimum absolute atomic E-state index is 0.0313. The van der Waals surface area contributed by atoms with Crippen LogP contribution in [-0.4, -0.2) is 57.0 Å². The lowest BCUT2D eigenvalue weighted by Gasteiger charge is -2.72. The van der Waals surface area contributed by atoms with Crippen LogP contribution in [0.25, 0.3) is 0 Å². The van der Waals surface area contributed by atoms with Crippen LogP contribution < -0.4 is 10.1 Å². The number of pyridine rings is 1. The van der Waals surface area contributed by atoms with Crippen LogP contribution in [0.3, 0.4) is 0 Å². The number of fused-ring (bicyclic) bond motifs is 7. The van der Waals surface area contributed by atoms with Crippen LogP contribution in [-0.2, 0) is 9.59 Å². The number of aliphatic hydroxyl groups excluding tert-OH is 1. The summed E-state index contributed by atoms with van der Waals surface area (Å²) in [6.45, 7) is 19.4. The lowest BCUT2D eigenvalue weighted by molar-refractivity contribution is -0.221. The van der Waals surface area contributed by atoms with Crippen molar-refractivity contribution in [1.82, 2.24) is 10.3 Å². The first-order valence-electron chi connectivity index (χ1n) is 20.8. The molecule has 0 aromatic carbocycles. The van der Waals surface area contributed by atoms with Gasteiger partial charge >= 0.3 is 11.9 Å². The molecule has 1 aromatic heterocycles. The second-order valence-electron chi connectivity index (χ2n) is 19.9. The molecule has 4 saturated carbocycles. The van der Waals surface area contributed by atoms with Crippen LogP contribution >= 0.6 is 0 Å². The van der Waals surface area contributed by atoms with Crippen molar-refractivity contribution in [2.24, 2.45) is 56.7 Å². The van der Waals surface area contributed by atoms with E-state index >= 15 is 0 Å². The highest BCUT2D eigenvalue weighted by Gasteiger charge is 2.70. The molecule has 0 bridgehead atoms. The number of aliphatic carboxylic acids is 2. The summed E-state index contributed by atoms with van der Waals surface area (Å²) in [4.78, 5) is 28.5. The van der Waals surface area contributed by atoms with Gasteiger partial charge in [0, 0.05) is 18.3 Å². The summed E-state index contributed by atoms with van der Waals surface area (Å²) in [6, 6.07) is 5.39. The fourth-order valence-electron chi connectivity index (χ4n) is 14.3. The minimum Gasteiger partial charge on any atom is -0.481 e. The molecule has 6 aliphatic carbocycles. The van der Waals surface area contributed by atoms with Crippen LogP contribution in [0.15, 0.2) is 53.8 Å². The smallest absolute Gasteiger partial charge is 0.333 e. The van der Waals surface area contributed by atoms with Crippen LogP contribution in [0.5, 0.6) is 5.88 Å². The molecule has 4 N–H and O–H groups in total. The number of carboxylic acid groups (broad SMARTS) is 2. The molecule has 0 radical (unpaired) electrons. The number of allylic oxidation sites excluding steroid dienone is 5. The molecule has 0 amide bonds. The Morgan fingerprint density at radius 3 is 2.42 bits per heavy atom. The van der Waals surface area contributed by atoms with E-state index < -0.39 is 23.5 Å². The maximum absolute atomic E-state index is 12.7. The molecule has 55 heavy (non-hydrogen) atoms. The highest BCUT2D eigenvalue weighted by Crippen LogP contribution is 2.76. The van der Waals surface area contributed by atoms with Gasteiger partial charge in [-0.2, -0.15) is 5.26 Å². The molecule has 4 fully saturated rings. The number of aromatic nitrogens is 1. The Labute approximate surface area is 327 Å². The quantitative estimate of drug-likeness (QED) is 0.172. The molecule has 0 unspecified atom stereocenters. The monoisotopic (exact) mass is 753 g/mol. The summed E-state index contributed by atoms with van der Waals surface area (Å²) in [5, 5.41) is 43.4. The fourth-order valence-corrected chi connectivity index (χ4v) is 14.3. The van der Waals surface area contributed by atoms with Gasteiger partial charge in [0.05, 0.1) is 0 Å². The average Bonchev–Trinajstić information content (AvgIpc) is 3.53. The lowest BCUT2D eigenvalue weighted by Crippen LogP contribution is -2.68. The third-order valence-electron chi connectivity index (χ3n) is 17.4. The summed E-state index contributed by atoms with van der Waals surface area (Å²) >= 11 is 0.